The standard InChI is InChI=1S/C13H21FN2O2S/c1-2-3-4-13(16-9-10-19(15,17)18)11-5-7-12(14)8-6-11/h5-8,13,16H,2-4,9-10H2,1H3,(H2,15,17,18). The van der Waals surface area contributed by atoms with E-state index in [1.807, 2.05) is 0 Å². The van der Waals surface area contributed by atoms with Crippen molar-refractivity contribution in [1.29, 1.82) is 0 Å². The third kappa shape index (κ3) is 6.66. The Hall–Kier alpha value is -0.980. The minimum Gasteiger partial charge on any atom is -0.309 e. The Bertz CT molecular complexity index is 474. The van der Waals surface area contributed by atoms with Gasteiger partial charge in [0.2, 0.25) is 10.0 Å². The molecule has 108 valence electrons. The maximum absolute atomic E-state index is 12.9. The van der Waals surface area contributed by atoms with Crippen molar-refractivity contribution in [2.45, 2.75) is 32.2 Å². The van der Waals surface area contributed by atoms with Gasteiger partial charge in [0.1, 0.15) is 5.82 Å². The molecule has 0 spiro atoms. The van der Waals surface area contributed by atoms with Crippen LogP contribution in [0, 0.1) is 5.82 Å². The number of nitrogens with two attached hydrogens (primary N) is 1. The average molecular weight is 288 g/mol. The number of nitrogens with one attached hydrogen (secondary N) is 1. The van der Waals surface area contributed by atoms with Crippen LogP contribution in [0.3, 0.4) is 0 Å². The van der Waals surface area contributed by atoms with E-state index in [1.165, 1.54) is 12.1 Å². The van der Waals surface area contributed by atoms with Crippen molar-refractivity contribution >= 4 is 10.0 Å². The molecular formula is C13H21FN2O2S. The van der Waals surface area contributed by atoms with Crippen molar-refractivity contribution < 1.29 is 12.8 Å². The van der Waals surface area contributed by atoms with E-state index in [-0.39, 0.29) is 17.6 Å². The maximum Gasteiger partial charge on any atom is 0.210 e. The summed E-state index contributed by atoms with van der Waals surface area (Å²) in [5, 5.41) is 8.13. The van der Waals surface area contributed by atoms with E-state index >= 15 is 0 Å². The van der Waals surface area contributed by atoms with E-state index in [0.717, 1.165) is 24.8 Å². The molecule has 0 amide bonds. The van der Waals surface area contributed by atoms with E-state index in [9.17, 15) is 12.8 Å². The molecule has 1 aromatic carbocycles. The lowest BCUT2D eigenvalue weighted by atomic mass is 10.0. The molecule has 4 nitrogen and oxygen atoms in total. The molecule has 0 aliphatic heterocycles. The van der Waals surface area contributed by atoms with Crippen LogP contribution in [-0.2, 0) is 10.0 Å². The van der Waals surface area contributed by atoms with Crippen LogP contribution < -0.4 is 10.5 Å². The van der Waals surface area contributed by atoms with E-state index in [0.29, 0.717) is 6.54 Å². The first-order valence-corrected chi connectivity index (χ1v) is 8.13. The summed E-state index contributed by atoms with van der Waals surface area (Å²) in [5.41, 5.74) is 0.962. The molecular weight excluding hydrogens is 267 g/mol. The van der Waals surface area contributed by atoms with Gasteiger partial charge in [-0.15, -0.1) is 0 Å². The van der Waals surface area contributed by atoms with Crippen LogP contribution in [0.4, 0.5) is 4.39 Å². The van der Waals surface area contributed by atoms with E-state index in [2.05, 4.69) is 12.2 Å². The molecule has 3 N–H and O–H groups in total. The van der Waals surface area contributed by atoms with Crippen LogP contribution in [0.25, 0.3) is 0 Å². The number of sulfonamides is 1. The lowest BCUT2D eigenvalue weighted by Crippen LogP contribution is -2.30. The molecule has 0 radical (unpaired) electrons. The molecule has 6 heteroatoms. The Morgan fingerprint density at radius 3 is 2.47 bits per heavy atom. The molecule has 1 rings (SSSR count). The van der Waals surface area contributed by atoms with Gasteiger partial charge in [0.15, 0.2) is 0 Å². The Morgan fingerprint density at radius 2 is 1.95 bits per heavy atom. The molecule has 0 saturated heterocycles. The highest BCUT2D eigenvalue weighted by Crippen LogP contribution is 2.19. The molecule has 0 aromatic heterocycles. The Kier molecular flexibility index (Phi) is 6.41. The van der Waals surface area contributed by atoms with Gasteiger partial charge in [-0.25, -0.2) is 17.9 Å². The molecule has 0 bridgehead atoms. The van der Waals surface area contributed by atoms with Crippen molar-refractivity contribution in [3.8, 4) is 0 Å². The zero-order valence-corrected chi connectivity index (χ0v) is 11.9. The summed E-state index contributed by atoms with van der Waals surface area (Å²) in [6.07, 6.45) is 2.95. The normalized spacial score (nSPS) is 13.4. The smallest absolute Gasteiger partial charge is 0.210 e. The monoisotopic (exact) mass is 288 g/mol. The van der Waals surface area contributed by atoms with Gasteiger partial charge in [-0.3, -0.25) is 0 Å². The fourth-order valence-corrected chi connectivity index (χ4v) is 2.27. The number of primary sulfonamides is 1. The number of hydrogen-bond acceptors (Lipinski definition) is 3. The van der Waals surface area contributed by atoms with Crippen LogP contribution >= 0.6 is 0 Å². The van der Waals surface area contributed by atoms with Crippen LogP contribution in [-0.4, -0.2) is 20.7 Å². The molecule has 0 saturated carbocycles. The minimum absolute atomic E-state index is 0.0299. The summed E-state index contributed by atoms with van der Waals surface area (Å²) in [7, 11) is -3.45. The second-order valence-electron chi connectivity index (χ2n) is 4.57. The summed E-state index contributed by atoms with van der Waals surface area (Å²) in [6.45, 7) is 2.39. The van der Waals surface area contributed by atoms with Gasteiger partial charge in [0.05, 0.1) is 5.75 Å². The minimum atomic E-state index is -3.45. The Balaban J connectivity index is 2.63. The quantitative estimate of drug-likeness (QED) is 0.768. The fourth-order valence-electron chi connectivity index (χ4n) is 1.87. The highest BCUT2D eigenvalue weighted by molar-refractivity contribution is 7.89. The molecule has 0 aliphatic carbocycles. The summed E-state index contributed by atoms with van der Waals surface area (Å²) in [4.78, 5) is 0. The molecule has 1 aromatic rings. The maximum atomic E-state index is 12.9. The van der Waals surface area contributed by atoms with Crippen LogP contribution in [0.2, 0.25) is 0 Å². The second-order valence-corrected chi connectivity index (χ2v) is 6.30. The summed E-state index contributed by atoms with van der Waals surface area (Å²) >= 11 is 0. The van der Waals surface area contributed by atoms with Crippen LogP contribution in [0.5, 0.6) is 0 Å². The van der Waals surface area contributed by atoms with Gasteiger partial charge in [0, 0.05) is 12.6 Å². The first-order valence-electron chi connectivity index (χ1n) is 6.41. The van der Waals surface area contributed by atoms with Gasteiger partial charge in [-0.2, -0.15) is 0 Å². The van der Waals surface area contributed by atoms with Crippen molar-refractivity contribution in [2.24, 2.45) is 5.14 Å². The molecule has 1 unspecified atom stereocenters. The number of hydrogen-bond donors (Lipinski definition) is 2. The van der Waals surface area contributed by atoms with Gasteiger partial charge in [0.25, 0.3) is 0 Å². The van der Waals surface area contributed by atoms with Crippen molar-refractivity contribution in [3.63, 3.8) is 0 Å². The second kappa shape index (κ2) is 7.57. The lowest BCUT2D eigenvalue weighted by molar-refractivity contribution is 0.492. The molecule has 19 heavy (non-hydrogen) atoms. The van der Waals surface area contributed by atoms with Crippen LogP contribution in [0.15, 0.2) is 24.3 Å². The summed E-state index contributed by atoms with van der Waals surface area (Å²) in [6, 6.07) is 6.30. The molecule has 0 heterocycles. The number of benzene rings is 1. The predicted molar refractivity (Wildman–Crippen MR) is 74.6 cm³/mol. The van der Waals surface area contributed by atoms with Crippen molar-refractivity contribution in [1.82, 2.24) is 5.32 Å². The van der Waals surface area contributed by atoms with E-state index < -0.39 is 10.0 Å². The van der Waals surface area contributed by atoms with Crippen LogP contribution in [0.1, 0.15) is 37.8 Å². The largest absolute Gasteiger partial charge is 0.309 e. The predicted octanol–water partition coefficient (Wildman–Crippen LogP) is 1.94. The van der Waals surface area contributed by atoms with E-state index in [4.69, 9.17) is 5.14 Å². The van der Waals surface area contributed by atoms with Gasteiger partial charge in [-0.1, -0.05) is 31.9 Å². The Morgan fingerprint density at radius 1 is 1.32 bits per heavy atom. The lowest BCUT2D eigenvalue weighted by Gasteiger charge is -2.18. The highest BCUT2D eigenvalue weighted by Gasteiger charge is 2.12. The number of halogens is 1. The van der Waals surface area contributed by atoms with Gasteiger partial charge < -0.3 is 5.32 Å². The SMILES string of the molecule is CCCCC(NCCS(N)(=O)=O)c1ccc(F)cc1. The highest BCUT2D eigenvalue weighted by atomic mass is 32.2. The fraction of sp³-hybridized carbons (Fsp3) is 0.538. The molecule has 1 atom stereocenters. The first-order chi connectivity index (χ1) is 8.92. The Labute approximate surface area is 114 Å². The van der Waals surface area contributed by atoms with E-state index in [1.54, 1.807) is 12.1 Å². The van der Waals surface area contributed by atoms with Crippen molar-refractivity contribution in [3.05, 3.63) is 35.6 Å². The molecule has 0 aliphatic rings. The van der Waals surface area contributed by atoms with Gasteiger partial charge >= 0.3 is 0 Å². The topological polar surface area (TPSA) is 72.2 Å². The number of rotatable bonds is 8. The summed E-state index contributed by atoms with van der Waals surface area (Å²) < 4.78 is 34.7. The van der Waals surface area contributed by atoms with Crippen molar-refractivity contribution in [2.75, 3.05) is 12.3 Å². The van der Waals surface area contributed by atoms with Gasteiger partial charge in [-0.05, 0) is 24.1 Å². The number of unbranched alkanes of at least 4 members (excludes halogenated alkanes) is 1. The zero-order valence-electron chi connectivity index (χ0n) is 11.1. The first kappa shape index (κ1) is 16.1. The third-order valence-electron chi connectivity index (χ3n) is 2.90. The zero-order chi connectivity index (χ0) is 14.3. The average Bonchev–Trinajstić information content (AvgIpc) is 2.33. The summed E-state index contributed by atoms with van der Waals surface area (Å²) in [5.74, 6) is -0.376. The third-order valence-corrected chi connectivity index (χ3v) is 3.67. The molecule has 0 fully saturated rings.